The van der Waals surface area contributed by atoms with Gasteiger partial charge in [-0.15, -0.1) is 11.3 Å². The predicted molar refractivity (Wildman–Crippen MR) is 97.1 cm³/mol. The number of benzene rings is 1. The van der Waals surface area contributed by atoms with Gasteiger partial charge in [0.1, 0.15) is 0 Å². The molecule has 1 N–H and O–H groups in total. The molecule has 0 aliphatic carbocycles. The molecule has 3 heteroatoms. The van der Waals surface area contributed by atoms with Gasteiger partial charge in [0.05, 0.1) is 8.45 Å². The molecular formula is C19H18N2S. The summed E-state index contributed by atoms with van der Waals surface area (Å²) in [5.41, 5.74) is 0.819. The average molecular weight is 309 g/mol. The van der Waals surface area contributed by atoms with Gasteiger partial charge in [0.15, 0.2) is 0 Å². The van der Waals surface area contributed by atoms with Gasteiger partial charge in [-0.3, -0.25) is 4.98 Å². The van der Waals surface area contributed by atoms with Crippen LogP contribution in [0.2, 0.25) is 0 Å². The standard InChI is InChI=1S/C19H18N2S/c1-12(2)13(3)7-8-17(20)15-6-4-5-14-16-11-21-10-9-18(16)22-19(14)15/h4-12,20H,3H2,1-2H3/b8-7-,20-17?/i7D,8D,12D. The molecule has 110 valence electrons. The third-order valence-corrected chi connectivity index (χ3v) is 4.73. The normalized spacial score (nSPS) is 15.1. The van der Waals surface area contributed by atoms with E-state index in [-0.39, 0.29) is 23.4 Å². The van der Waals surface area contributed by atoms with Crippen molar-refractivity contribution in [2.24, 2.45) is 5.89 Å². The number of nitrogens with one attached hydrogen (secondary N) is 1. The zero-order valence-electron chi connectivity index (χ0n) is 15.5. The maximum atomic E-state index is 8.44. The average Bonchev–Trinajstić information content (AvgIpc) is 2.97. The van der Waals surface area contributed by atoms with Crippen LogP contribution in [0.4, 0.5) is 0 Å². The van der Waals surface area contributed by atoms with E-state index in [9.17, 15) is 0 Å². The Bertz CT molecular complexity index is 1040. The molecule has 2 nitrogen and oxygen atoms in total. The summed E-state index contributed by atoms with van der Waals surface area (Å²) in [6.45, 7) is 7.02. The Morgan fingerprint density at radius 1 is 1.36 bits per heavy atom. The van der Waals surface area contributed by atoms with Crippen molar-refractivity contribution in [3.8, 4) is 0 Å². The first-order valence-electron chi connectivity index (χ1n) is 8.43. The van der Waals surface area contributed by atoms with E-state index in [1.54, 1.807) is 43.6 Å². The largest absolute Gasteiger partial charge is 0.300 e. The van der Waals surface area contributed by atoms with Gasteiger partial charge in [-0.2, -0.15) is 0 Å². The Kier molecular flexibility index (Phi) is 3.01. The third-order valence-electron chi connectivity index (χ3n) is 3.51. The van der Waals surface area contributed by atoms with Crippen molar-refractivity contribution in [3.05, 3.63) is 66.5 Å². The molecule has 0 spiro atoms. The van der Waals surface area contributed by atoms with Crippen LogP contribution in [0.5, 0.6) is 0 Å². The molecular weight excluding hydrogens is 288 g/mol. The predicted octanol–water partition coefficient (Wildman–Crippen LogP) is 5.59. The van der Waals surface area contributed by atoms with E-state index in [2.05, 4.69) is 11.6 Å². The van der Waals surface area contributed by atoms with Crippen LogP contribution in [0.3, 0.4) is 0 Å². The van der Waals surface area contributed by atoms with E-state index in [1.807, 2.05) is 18.2 Å². The smallest absolute Gasteiger partial charge is 0.0646 e. The van der Waals surface area contributed by atoms with E-state index in [0.29, 0.717) is 5.56 Å². The highest BCUT2D eigenvalue weighted by molar-refractivity contribution is 7.26. The highest BCUT2D eigenvalue weighted by atomic mass is 32.1. The number of hydrogen-bond donors (Lipinski definition) is 1. The van der Waals surface area contributed by atoms with E-state index in [4.69, 9.17) is 9.52 Å². The van der Waals surface area contributed by atoms with Gasteiger partial charge in [-0.05, 0) is 18.0 Å². The van der Waals surface area contributed by atoms with Gasteiger partial charge >= 0.3 is 0 Å². The molecule has 22 heavy (non-hydrogen) atoms. The number of nitrogens with zero attached hydrogens (tertiary/aromatic N) is 1. The summed E-state index contributed by atoms with van der Waals surface area (Å²) in [5, 5.41) is 10.5. The summed E-state index contributed by atoms with van der Waals surface area (Å²) in [5.74, 6) is -1.06. The topological polar surface area (TPSA) is 36.7 Å². The lowest BCUT2D eigenvalue weighted by Gasteiger charge is -2.04. The lowest BCUT2D eigenvalue weighted by molar-refractivity contribution is 0.795. The molecule has 3 aromatic rings. The fraction of sp³-hybridized carbons (Fsp3) is 0.158. The van der Waals surface area contributed by atoms with Crippen molar-refractivity contribution in [2.75, 3.05) is 0 Å². The van der Waals surface area contributed by atoms with Crippen LogP contribution in [0.1, 0.15) is 23.5 Å². The van der Waals surface area contributed by atoms with Crippen molar-refractivity contribution in [2.45, 2.75) is 13.8 Å². The molecule has 0 atom stereocenters. The van der Waals surface area contributed by atoms with E-state index < -0.39 is 5.89 Å². The van der Waals surface area contributed by atoms with Crippen LogP contribution >= 0.6 is 11.3 Å². The molecule has 0 saturated carbocycles. The number of pyridine rings is 1. The first kappa shape index (κ1) is 11.3. The maximum Gasteiger partial charge on any atom is 0.0646 e. The number of rotatable bonds is 4. The highest BCUT2D eigenvalue weighted by Crippen LogP contribution is 2.35. The van der Waals surface area contributed by atoms with Crippen LogP contribution in [0, 0.1) is 11.3 Å². The van der Waals surface area contributed by atoms with Gasteiger partial charge in [0.25, 0.3) is 0 Å². The molecule has 0 unspecified atom stereocenters. The number of hydrogen-bond acceptors (Lipinski definition) is 3. The highest BCUT2D eigenvalue weighted by Gasteiger charge is 2.10. The summed E-state index contributed by atoms with van der Waals surface area (Å²) in [6.07, 6.45) is 3.54. The number of thiophene rings is 1. The first-order chi connectivity index (χ1) is 11.7. The third kappa shape index (κ3) is 2.60. The summed E-state index contributed by atoms with van der Waals surface area (Å²) < 4.78 is 26.4. The van der Waals surface area contributed by atoms with E-state index >= 15 is 0 Å². The summed E-state index contributed by atoms with van der Waals surface area (Å²) in [6, 6.07) is 7.19. The molecule has 0 fully saturated rings. The Balaban J connectivity index is 2.16. The molecule has 0 saturated heterocycles. The van der Waals surface area contributed by atoms with E-state index in [1.165, 1.54) is 0 Å². The minimum Gasteiger partial charge on any atom is -0.300 e. The SMILES string of the molecule is [2H]/C(C(=C)C([2H])(C)C)=C(\[2H])C(=N)c1cccc2c1sc1ccncc12. The van der Waals surface area contributed by atoms with E-state index in [0.717, 1.165) is 20.2 Å². The van der Waals surface area contributed by atoms with Crippen molar-refractivity contribution in [1.82, 2.24) is 4.98 Å². The molecule has 2 aromatic heterocycles. The zero-order chi connectivity index (χ0) is 18.4. The summed E-state index contributed by atoms with van der Waals surface area (Å²) >= 11 is 1.55. The van der Waals surface area contributed by atoms with Gasteiger partial charge in [-0.25, -0.2) is 0 Å². The quantitative estimate of drug-likeness (QED) is 0.495. The lowest BCUT2D eigenvalue weighted by atomic mass is 10.0. The fourth-order valence-electron chi connectivity index (χ4n) is 2.17. The van der Waals surface area contributed by atoms with Crippen LogP contribution in [-0.4, -0.2) is 10.7 Å². The van der Waals surface area contributed by atoms with Crippen LogP contribution in [0.15, 0.2) is 60.9 Å². The molecule has 0 radical (unpaired) electrons. The van der Waals surface area contributed by atoms with Crippen molar-refractivity contribution in [3.63, 3.8) is 0 Å². The number of fused-ring (bicyclic) bond motifs is 3. The summed E-state index contributed by atoms with van der Waals surface area (Å²) in [4.78, 5) is 4.17. The van der Waals surface area contributed by atoms with Crippen molar-refractivity contribution < 1.29 is 4.11 Å². The second-order valence-corrected chi connectivity index (χ2v) is 6.31. The number of aromatic nitrogens is 1. The van der Waals surface area contributed by atoms with Gasteiger partial charge in [0.2, 0.25) is 0 Å². The molecule has 2 heterocycles. The Morgan fingerprint density at radius 3 is 2.95 bits per heavy atom. The van der Waals surface area contributed by atoms with Gasteiger partial charge in [-0.1, -0.05) is 50.3 Å². The second-order valence-electron chi connectivity index (χ2n) is 5.26. The molecule has 1 aromatic carbocycles. The molecule has 0 aliphatic heterocycles. The first-order valence-corrected chi connectivity index (χ1v) is 7.75. The lowest BCUT2D eigenvalue weighted by Crippen LogP contribution is -1.96. The molecule has 0 bridgehead atoms. The number of allylic oxidation sites excluding steroid dienone is 3. The maximum absolute atomic E-state index is 8.44. The second kappa shape index (κ2) is 5.85. The monoisotopic (exact) mass is 309 g/mol. The van der Waals surface area contributed by atoms with Crippen LogP contribution < -0.4 is 0 Å². The van der Waals surface area contributed by atoms with Gasteiger partial charge in [0, 0.05) is 39.5 Å². The molecule has 0 aliphatic rings. The van der Waals surface area contributed by atoms with Crippen molar-refractivity contribution in [1.29, 1.82) is 5.41 Å². The fourth-order valence-corrected chi connectivity index (χ4v) is 3.36. The van der Waals surface area contributed by atoms with Crippen LogP contribution in [0.25, 0.3) is 20.2 Å². The minimum atomic E-state index is -1.06. The summed E-state index contributed by atoms with van der Waals surface area (Å²) in [7, 11) is 0. The minimum absolute atomic E-state index is 0.0273. The molecule has 3 rings (SSSR count). The zero-order valence-corrected chi connectivity index (χ0v) is 13.3. The molecule has 0 amide bonds. The Morgan fingerprint density at radius 2 is 2.18 bits per heavy atom. The Labute approximate surface area is 138 Å². The Hall–Kier alpha value is -2.26. The van der Waals surface area contributed by atoms with Crippen molar-refractivity contribution >= 4 is 37.2 Å². The van der Waals surface area contributed by atoms with Crippen LogP contribution in [-0.2, 0) is 0 Å². The van der Waals surface area contributed by atoms with Gasteiger partial charge < -0.3 is 5.41 Å².